The summed E-state index contributed by atoms with van der Waals surface area (Å²) in [5, 5.41) is 9.02. The standard InChI is InChI=1S/C20H31N5S/c1-5-25-19(15-23(2)3)21-22-20(25)17-10-12-24(13-11-17)14-16-6-8-18(26-4)9-7-16/h6-9,17H,5,10-15H2,1-4H3. The van der Waals surface area contributed by atoms with E-state index in [1.807, 2.05) is 0 Å². The largest absolute Gasteiger partial charge is 0.314 e. The van der Waals surface area contributed by atoms with E-state index in [0.29, 0.717) is 5.92 Å². The third-order valence-corrected chi connectivity index (χ3v) is 5.89. The average Bonchev–Trinajstić information content (AvgIpc) is 3.05. The van der Waals surface area contributed by atoms with Gasteiger partial charge in [0.15, 0.2) is 0 Å². The zero-order valence-electron chi connectivity index (χ0n) is 16.5. The lowest BCUT2D eigenvalue weighted by molar-refractivity contribution is 0.200. The van der Waals surface area contributed by atoms with Gasteiger partial charge in [0, 0.05) is 23.9 Å². The lowest BCUT2D eigenvalue weighted by Gasteiger charge is -2.31. The topological polar surface area (TPSA) is 37.2 Å². The Hall–Kier alpha value is -1.37. The van der Waals surface area contributed by atoms with Crippen molar-refractivity contribution in [3.05, 3.63) is 41.5 Å². The molecule has 0 aliphatic carbocycles. The molecule has 0 unspecified atom stereocenters. The number of thioether (sulfide) groups is 1. The molecule has 1 aliphatic heterocycles. The molecule has 0 N–H and O–H groups in total. The Morgan fingerprint density at radius 1 is 1.12 bits per heavy atom. The van der Waals surface area contributed by atoms with Crippen molar-refractivity contribution >= 4 is 11.8 Å². The molecule has 0 bridgehead atoms. The van der Waals surface area contributed by atoms with Crippen LogP contribution in [0.3, 0.4) is 0 Å². The van der Waals surface area contributed by atoms with E-state index in [0.717, 1.165) is 38.5 Å². The van der Waals surface area contributed by atoms with Crippen LogP contribution >= 0.6 is 11.8 Å². The molecule has 26 heavy (non-hydrogen) atoms. The van der Waals surface area contributed by atoms with Crippen LogP contribution in [0.2, 0.25) is 0 Å². The van der Waals surface area contributed by atoms with E-state index < -0.39 is 0 Å². The predicted molar refractivity (Wildman–Crippen MR) is 109 cm³/mol. The van der Waals surface area contributed by atoms with Crippen LogP contribution in [0.25, 0.3) is 0 Å². The molecular formula is C20H31N5S. The molecule has 1 aromatic carbocycles. The molecule has 0 saturated carbocycles. The molecule has 1 aromatic heterocycles. The Morgan fingerprint density at radius 3 is 2.38 bits per heavy atom. The average molecular weight is 374 g/mol. The van der Waals surface area contributed by atoms with Crippen molar-refractivity contribution in [3.63, 3.8) is 0 Å². The molecule has 1 fully saturated rings. The van der Waals surface area contributed by atoms with Crippen molar-refractivity contribution in [1.82, 2.24) is 24.6 Å². The van der Waals surface area contributed by atoms with Gasteiger partial charge in [0.2, 0.25) is 0 Å². The number of aromatic nitrogens is 3. The highest BCUT2D eigenvalue weighted by Crippen LogP contribution is 2.28. The van der Waals surface area contributed by atoms with Gasteiger partial charge in [-0.2, -0.15) is 0 Å². The summed E-state index contributed by atoms with van der Waals surface area (Å²) in [4.78, 5) is 6.06. The Bertz CT molecular complexity index is 687. The van der Waals surface area contributed by atoms with Crippen molar-refractivity contribution in [1.29, 1.82) is 0 Å². The number of benzene rings is 1. The minimum absolute atomic E-state index is 0.536. The molecule has 6 heteroatoms. The maximum Gasteiger partial charge on any atom is 0.147 e. The molecule has 0 atom stereocenters. The zero-order chi connectivity index (χ0) is 18.5. The fourth-order valence-electron chi connectivity index (χ4n) is 3.73. The van der Waals surface area contributed by atoms with Crippen LogP contribution in [0.1, 0.15) is 42.9 Å². The van der Waals surface area contributed by atoms with Crippen molar-refractivity contribution < 1.29 is 0 Å². The Kier molecular flexibility index (Phi) is 6.73. The summed E-state index contributed by atoms with van der Waals surface area (Å²) in [5.41, 5.74) is 1.41. The van der Waals surface area contributed by atoms with Crippen LogP contribution in [-0.2, 0) is 19.6 Å². The number of hydrogen-bond acceptors (Lipinski definition) is 5. The fourth-order valence-corrected chi connectivity index (χ4v) is 4.14. The number of piperidine rings is 1. The third-order valence-electron chi connectivity index (χ3n) is 5.15. The van der Waals surface area contributed by atoms with Gasteiger partial charge < -0.3 is 9.47 Å². The third kappa shape index (κ3) is 4.67. The second kappa shape index (κ2) is 9.02. The number of rotatable bonds is 7. The van der Waals surface area contributed by atoms with Crippen molar-refractivity contribution in [3.8, 4) is 0 Å². The van der Waals surface area contributed by atoms with E-state index in [9.17, 15) is 0 Å². The van der Waals surface area contributed by atoms with Crippen LogP contribution in [-0.4, -0.2) is 58.0 Å². The van der Waals surface area contributed by atoms with Crippen molar-refractivity contribution in [2.45, 2.75) is 50.2 Å². The molecule has 3 rings (SSSR count). The number of likely N-dealkylation sites (tertiary alicyclic amines) is 1. The first-order chi connectivity index (χ1) is 12.6. The summed E-state index contributed by atoms with van der Waals surface area (Å²) in [5.74, 6) is 2.81. The molecule has 2 heterocycles. The lowest BCUT2D eigenvalue weighted by Crippen LogP contribution is -2.33. The normalized spacial score (nSPS) is 16.5. The molecule has 0 amide bonds. The maximum absolute atomic E-state index is 4.56. The van der Waals surface area contributed by atoms with Gasteiger partial charge in [-0.15, -0.1) is 22.0 Å². The summed E-state index contributed by atoms with van der Waals surface area (Å²) in [6.45, 7) is 7.31. The fraction of sp³-hybridized carbons (Fsp3) is 0.600. The molecule has 1 saturated heterocycles. The van der Waals surface area contributed by atoms with Gasteiger partial charge >= 0.3 is 0 Å². The summed E-state index contributed by atoms with van der Waals surface area (Å²) in [7, 11) is 4.16. The number of nitrogens with zero attached hydrogens (tertiary/aromatic N) is 5. The van der Waals surface area contributed by atoms with Crippen LogP contribution in [0.15, 0.2) is 29.2 Å². The first kappa shape index (κ1) is 19.4. The molecule has 0 radical (unpaired) electrons. The van der Waals surface area contributed by atoms with Crippen molar-refractivity contribution in [2.24, 2.45) is 0 Å². The van der Waals surface area contributed by atoms with Crippen LogP contribution in [0.5, 0.6) is 0 Å². The molecule has 0 spiro atoms. The maximum atomic E-state index is 4.56. The van der Waals surface area contributed by atoms with Gasteiger partial charge in [0.05, 0.1) is 6.54 Å². The van der Waals surface area contributed by atoms with Gasteiger partial charge in [0.25, 0.3) is 0 Å². The molecular weight excluding hydrogens is 342 g/mol. The van der Waals surface area contributed by atoms with Crippen LogP contribution < -0.4 is 0 Å². The monoisotopic (exact) mass is 373 g/mol. The van der Waals surface area contributed by atoms with Gasteiger partial charge in [-0.3, -0.25) is 4.90 Å². The van der Waals surface area contributed by atoms with E-state index in [-0.39, 0.29) is 0 Å². The summed E-state index contributed by atoms with van der Waals surface area (Å²) in [6.07, 6.45) is 4.46. The molecule has 1 aliphatic rings. The van der Waals surface area contributed by atoms with E-state index in [4.69, 9.17) is 0 Å². The second-order valence-electron chi connectivity index (χ2n) is 7.35. The smallest absolute Gasteiger partial charge is 0.147 e. The van der Waals surface area contributed by atoms with Crippen molar-refractivity contribution in [2.75, 3.05) is 33.4 Å². The molecule has 5 nitrogen and oxygen atoms in total. The molecule has 2 aromatic rings. The first-order valence-corrected chi connectivity index (χ1v) is 10.7. The predicted octanol–water partition coefficient (Wildman–Crippen LogP) is 3.46. The Balaban J connectivity index is 1.58. The van der Waals surface area contributed by atoms with E-state index in [1.165, 1.54) is 29.1 Å². The second-order valence-corrected chi connectivity index (χ2v) is 8.23. The summed E-state index contributed by atoms with van der Waals surface area (Å²) in [6, 6.07) is 8.98. The highest BCUT2D eigenvalue weighted by Gasteiger charge is 2.25. The highest BCUT2D eigenvalue weighted by molar-refractivity contribution is 7.98. The minimum Gasteiger partial charge on any atom is -0.314 e. The first-order valence-electron chi connectivity index (χ1n) is 9.52. The highest BCUT2D eigenvalue weighted by atomic mass is 32.2. The summed E-state index contributed by atoms with van der Waals surface area (Å²) >= 11 is 1.80. The van der Waals surface area contributed by atoms with E-state index in [2.05, 4.69) is 76.1 Å². The minimum atomic E-state index is 0.536. The Labute approximate surface area is 161 Å². The lowest BCUT2D eigenvalue weighted by atomic mass is 9.95. The SMILES string of the molecule is CCn1c(CN(C)C)nnc1C1CCN(Cc2ccc(SC)cc2)CC1. The quantitative estimate of drug-likeness (QED) is 0.695. The molecule has 142 valence electrons. The number of hydrogen-bond donors (Lipinski definition) is 0. The summed E-state index contributed by atoms with van der Waals surface area (Å²) < 4.78 is 2.32. The zero-order valence-corrected chi connectivity index (χ0v) is 17.3. The van der Waals surface area contributed by atoms with Gasteiger partial charge in [-0.1, -0.05) is 12.1 Å². The van der Waals surface area contributed by atoms with Gasteiger partial charge in [-0.25, -0.2) is 0 Å². The van der Waals surface area contributed by atoms with Crippen LogP contribution in [0, 0.1) is 0 Å². The van der Waals surface area contributed by atoms with Gasteiger partial charge in [-0.05, 0) is 70.9 Å². The van der Waals surface area contributed by atoms with Crippen LogP contribution in [0.4, 0.5) is 0 Å². The van der Waals surface area contributed by atoms with E-state index >= 15 is 0 Å². The van der Waals surface area contributed by atoms with Gasteiger partial charge in [0.1, 0.15) is 11.6 Å². The van der Waals surface area contributed by atoms with E-state index in [1.54, 1.807) is 11.8 Å². The Morgan fingerprint density at radius 2 is 1.81 bits per heavy atom.